The minimum atomic E-state index is -2.84. The van der Waals surface area contributed by atoms with Gasteiger partial charge in [0.1, 0.15) is 5.75 Å². The van der Waals surface area contributed by atoms with Crippen molar-refractivity contribution in [2.75, 3.05) is 7.11 Å². The standard InChI is InChI=1S/C20H17O4PS/c1-23-18-12-14-19(15-13-18)26-20(24-25(21)22,16-8-4-2-5-9-16)17-10-6-3-7-11-17/h2-15H,1H3/p+1. The molecule has 0 bridgehead atoms. The van der Waals surface area contributed by atoms with Gasteiger partial charge in [-0.3, -0.25) is 0 Å². The molecule has 0 aliphatic carbocycles. The number of thioether (sulfide) groups is 1. The van der Waals surface area contributed by atoms with Crippen LogP contribution in [0.3, 0.4) is 0 Å². The molecule has 0 aliphatic heterocycles. The average molecular weight is 385 g/mol. The molecule has 0 heterocycles. The summed E-state index contributed by atoms with van der Waals surface area (Å²) in [5.41, 5.74) is 1.56. The monoisotopic (exact) mass is 385 g/mol. The van der Waals surface area contributed by atoms with Crippen LogP contribution in [0.25, 0.3) is 0 Å². The van der Waals surface area contributed by atoms with E-state index in [9.17, 15) is 9.46 Å². The van der Waals surface area contributed by atoms with Crippen LogP contribution in [-0.2, 0) is 14.0 Å². The molecule has 3 aromatic rings. The zero-order valence-corrected chi connectivity index (χ0v) is 15.8. The minimum absolute atomic E-state index is 0.744. The summed E-state index contributed by atoms with van der Waals surface area (Å²) in [5, 5.41) is 0. The van der Waals surface area contributed by atoms with E-state index in [2.05, 4.69) is 0 Å². The van der Waals surface area contributed by atoms with Crippen molar-refractivity contribution in [1.82, 2.24) is 0 Å². The first-order chi connectivity index (χ1) is 12.6. The fourth-order valence-electron chi connectivity index (χ4n) is 2.64. The Morgan fingerprint density at radius 2 is 1.35 bits per heavy atom. The third kappa shape index (κ3) is 4.14. The smallest absolute Gasteiger partial charge is 0.497 e. The van der Waals surface area contributed by atoms with Crippen LogP contribution in [0, 0.1) is 0 Å². The second-order valence-corrected chi connectivity index (χ2v) is 7.36. The number of hydrogen-bond acceptors (Lipinski definition) is 4. The van der Waals surface area contributed by atoms with Crippen LogP contribution < -0.4 is 4.74 Å². The zero-order chi connectivity index (χ0) is 18.4. The third-order valence-electron chi connectivity index (χ3n) is 3.84. The van der Waals surface area contributed by atoms with E-state index < -0.39 is 13.2 Å². The first-order valence-electron chi connectivity index (χ1n) is 7.93. The maximum absolute atomic E-state index is 11.7. The molecular formula is C20H18O4PS+. The lowest BCUT2D eigenvalue weighted by Gasteiger charge is -2.28. The lowest BCUT2D eigenvalue weighted by Crippen LogP contribution is -2.25. The fraction of sp³-hybridized carbons (Fsp3) is 0.100. The molecule has 0 saturated carbocycles. The molecule has 6 heteroatoms. The summed E-state index contributed by atoms with van der Waals surface area (Å²) >= 11 is 1.37. The van der Waals surface area contributed by atoms with E-state index in [1.807, 2.05) is 84.9 Å². The molecule has 3 aromatic carbocycles. The Hall–Kier alpha value is -2.17. The Labute approximate surface area is 157 Å². The van der Waals surface area contributed by atoms with Gasteiger partial charge in [0.25, 0.3) is 0 Å². The van der Waals surface area contributed by atoms with Crippen molar-refractivity contribution in [3.63, 3.8) is 0 Å². The molecule has 1 unspecified atom stereocenters. The third-order valence-corrected chi connectivity index (χ3v) is 5.74. The first kappa shape index (κ1) is 18.6. The van der Waals surface area contributed by atoms with Crippen LogP contribution in [0.2, 0.25) is 0 Å². The van der Waals surface area contributed by atoms with E-state index >= 15 is 0 Å². The van der Waals surface area contributed by atoms with E-state index in [0.29, 0.717) is 0 Å². The van der Waals surface area contributed by atoms with Gasteiger partial charge in [-0.05, 0) is 24.3 Å². The van der Waals surface area contributed by atoms with Crippen molar-refractivity contribution < 1.29 is 18.7 Å². The second kappa shape index (κ2) is 8.47. The molecule has 0 aromatic heterocycles. The van der Waals surface area contributed by atoms with Crippen LogP contribution in [-0.4, -0.2) is 12.0 Å². The Balaban J connectivity index is 2.13. The van der Waals surface area contributed by atoms with Gasteiger partial charge < -0.3 is 4.74 Å². The van der Waals surface area contributed by atoms with Crippen molar-refractivity contribution in [1.29, 1.82) is 0 Å². The highest BCUT2D eigenvalue weighted by Crippen LogP contribution is 2.51. The van der Waals surface area contributed by atoms with Crippen molar-refractivity contribution in [3.8, 4) is 5.75 Å². The van der Waals surface area contributed by atoms with E-state index in [1.54, 1.807) is 7.11 Å². The van der Waals surface area contributed by atoms with Crippen LogP contribution in [0.4, 0.5) is 0 Å². The molecule has 26 heavy (non-hydrogen) atoms. The van der Waals surface area contributed by atoms with Gasteiger partial charge in [0.05, 0.1) is 7.11 Å². The van der Waals surface area contributed by atoms with Gasteiger partial charge in [0.15, 0.2) is 0 Å². The molecule has 0 fully saturated rings. The Kier molecular flexibility index (Phi) is 6.07. The molecule has 1 N–H and O–H groups in total. The van der Waals surface area contributed by atoms with Gasteiger partial charge in [-0.15, -0.1) is 4.89 Å². The van der Waals surface area contributed by atoms with Gasteiger partial charge in [-0.1, -0.05) is 76.9 Å². The second-order valence-electron chi connectivity index (χ2n) is 5.46. The molecule has 0 amide bonds. The van der Waals surface area contributed by atoms with Crippen molar-refractivity contribution >= 4 is 20.0 Å². The number of ether oxygens (including phenoxy) is 1. The lowest BCUT2D eigenvalue weighted by atomic mass is 10.0. The van der Waals surface area contributed by atoms with E-state index in [4.69, 9.17) is 9.26 Å². The summed E-state index contributed by atoms with van der Waals surface area (Å²) in [7, 11) is -1.23. The first-order valence-corrected chi connectivity index (χ1v) is 9.88. The van der Waals surface area contributed by atoms with E-state index in [1.165, 1.54) is 11.8 Å². The quantitative estimate of drug-likeness (QED) is 0.337. The summed E-state index contributed by atoms with van der Waals surface area (Å²) in [6.07, 6.45) is 0. The number of methoxy groups -OCH3 is 1. The maximum atomic E-state index is 11.7. The van der Waals surface area contributed by atoms with Gasteiger partial charge in [0, 0.05) is 20.6 Å². The molecule has 0 radical (unpaired) electrons. The Morgan fingerprint density at radius 1 is 0.846 bits per heavy atom. The molecule has 3 rings (SSSR count). The van der Waals surface area contributed by atoms with E-state index in [0.717, 1.165) is 21.8 Å². The van der Waals surface area contributed by atoms with Gasteiger partial charge >= 0.3 is 8.25 Å². The number of rotatable bonds is 7. The summed E-state index contributed by atoms with van der Waals surface area (Å²) in [6.45, 7) is 0. The summed E-state index contributed by atoms with van der Waals surface area (Å²) in [6, 6.07) is 26.4. The van der Waals surface area contributed by atoms with Crippen LogP contribution in [0.15, 0.2) is 89.8 Å². The Bertz CT molecular complexity index is 814. The predicted octanol–water partition coefficient (Wildman–Crippen LogP) is 5.35. The fourth-order valence-corrected chi connectivity index (χ4v) is 4.53. The highest BCUT2D eigenvalue weighted by molar-refractivity contribution is 8.00. The number of hydrogen-bond donors (Lipinski definition) is 1. The SMILES string of the molecule is COc1ccc(SC(O[P+](=O)O)(c2ccccc2)c2ccccc2)cc1. The molecule has 4 nitrogen and oxygen atoms in total. The molecule has 0 aliphatic rings. The summed E-state index contributed by atoms with van der Waals surface area (Å²) < 4.78 is 22.6. The highest BCUT2D eigenvalue weighted by atomic mass is 32.2. The normalized spacial score (nSPS) is 11.8. The largest absolute Gasteiger partial charge is 0.696 e. The van der Waals surface area contributed by atoms with Gasteiger partial charge in [-0.25, -0.2) is 0 Å². The molecular weight excluding hydrogens is 367 g/mol. The number of benzene rings is 3. The van der Waals surface area contributed by atoms with E-state index in [-0.39, 0.29) is 0 Å². The average Bonchev–Trinajstić information content (AvgIpc) is 2.69. The zero-order valence-electron chi connectivity index (χ0n) is 14.1. The molecule has 0 saturated heterocycles. The molecule has 132 valence electrons. The predicted molar refractivity (Wildman–Crippen MR) is 103 cm³/mol. The van der Waals surface area contributed by atoms with Crippen LogP contribution in [0.1, 0.15) is 11.1 Å². The highest BCUT2D eigenvalue weighted by Gasteiger charge is 2.45. The summed E-state index contributed by atoms with van der Waals surface area (Å²) in [5.74, 6) is 0.744. The molecule has 0 spiro atoms. The van der Waals surface area contributed by atoms with Gasteiger partial charge in [0.2, 0.25) is 4.93 Å². The van der Waals surface area contributed by atoms with Crippen molar-refractivity contribution in [2.45, 2.75) is 9.83 Å². The molecule has 1 atom stereocenters. The van der Waals surface area contributed by atoms with Crippen molar-refractivity contribution in [2.24, 2.45) is 0 Å². The van der Waals surface area contributed by atoms with Crippen LogP contribution >= 0.6 is 20.0 Å². The lowest BCUT2D eigenvalue weighted by molar-refractivity contribution is 0.194. The van der Waals surface area contributed by atoms with Crippen LogP contribution in [0.5, 0.6) is 5.75 Å². The minimum Gasteiger partial charge on any atom is -0.497 e. The maximum Gasteiger partial charge on any atom is 0.696 e. The van der Waals surface area contributed by atoms with Gasteiger partial charge in [-0.2, -0.15) is 0 Å². The summed E-state index contributed by atoms with van der Waals surface area (Å²) in [4.78, 5) is 9.36. The van der Waals surface area contributed by atoms with Crippen molar-refractivity contribution in [3.05, 3.63) is 96.1 Å². The Morgan fingerprint density at radius 3 is 1.77 bits per heavy atom. The topological polar surface area (TPSA) is 55.8 Å².